The molecule has 0 radical (unpaired) electrons. The summed E-state index contributed by atoms with van der Waals surface area (Å²) < 4.78 is 11.3. The average molecular weight is 383 g/mol. The quantitative estimate of drug-likeness (QED) is 0.603. The number of nitrogens with zero attached hydrogens (tertiary/aromatic N) is 2. The molecule has 0 unspecified atom stereocenters. The molecule has 0 saturated heterocycles. The van der Waals surface area contributed by atoms with Crippen molar-refractivity contribution in [1.29, 1.82) is 0 Å². The minimum Gasteiger partial charge on any atom is -0.492 e. The number of para-hydroxylation sites is 2. The van der Waals surface area contributed by atoms with E-state index in [9.17, 15) is 4.79 Å². The number of anilines is 1. The van der Waals surface area contributed by atoms with Crippen LogP contribution in [0.5, 0.6) is 5.75 Å². The van der Waals surface area contributed by atoms with Gasteiger partial charge in [0.2, 0.25) is 11.8 Å². The number of benzene rings is 2. The highest BCUT2D eigenvalue weighted by atomic mass is 32.2. The number of hydrogen-bond donors (Lipinski definition) is 1. The molecule has 0 saturated carbocycles. The second-order valence-electron chi connectivity index (χ2n) is 5.87. The zero-order chi connectivity index (χ0) is 19.2. The summed E-state index contributed by atoms with van der Waals surface area (Å²) >= 11 is 1.22. The second-order valence-corrected chi connectivity index (χ2v) is 7.16. The van der Waals surface area contributed by atoms with Crippen molar-refractivity contribution in [2.75, 3.05) is 11.9 Å². The number of nitrogens with one attached hydrogen (secondary N) is 1. The summed E-state index contributed by atoms with van der Waals surface area (Å²) in [6, 6.07) is 15.1. The molecule has 3 rings (SSSR count). The van der Waals surface area contributed by atoms with E-state index in [2.05, 4.69) is 15.5 Å². The van der Waals surface area contributed by atoms with E-state index >= 15 is 0 Å². The standard InChI is InChI=1S/C20H21N3O3S/c1-4-25-17-12-8-7-11-16(17)21-18(24)14(3)27-20-23-22-19(26-20)15-10-6-5-9-13(15)2/h5-12,14H,4H2,1-3H3,(H,21,24)/t14-/m0/s1. The van der Waals surface area contributed by atoms with Crippen LogP contribution in [-0.2, 0) is 4.79 Å². The number of carbonyl (C=O) groups excluding carboxylic acids is 1. The summed E-state index contributed by atoms with van der Waals surface area (Å²) in [7, 11) is 0. The minimum atomic E-state index is -0.412. The monoisotopic (exact) mass is 383 g/mol. The molecule has 1 amide bonds. The summed E-state index contributed by atoms with van der Waals surface area (Å²) in [5.74, 6) is 0.929. The number of aromatic nitrogens is 2. The number of thioether (sulfide) groups is 1. The molecule has 3 aromatic rings. The van der Waals surface area contributed by atoms with Gasteiger partial charge in [-0.25, -0.2) is 0 Å². The van der Waals surface area contributed by atoms with Crippen molar-refractivity contribution in [3.8, 4) is 17.2 Å². The van der Waals surface area contributed by atoms with Crippen molar-refractivity contribution in [3.63, 3.8) is 0 Å². The molecule has 0 spiro atoms. The molecular weight excluding hydrogens is 362 g/mol. The van der Waals surface area contributed by atoms with Gasteiger partial charge in [0.05, 0.1) is 17.5 Å². The van der Waals surface area contributed by atoms with Crippen molar-refractivity contribution in [3.05, 3.63) is 54.1 Å². The first-order valence-corrected chi connectivity index (χ1v) is 9.55. The summed E-state index contributed by atoms with van der Waals surface area (Å²) in [5, 5.41) is 11.0. The van der Waals surface area contributed by atoms with Crippen molar-refractivity contribution < 1.29 is 13.9 Å². The third kappa shape index (κ3) is 4.68. The van der Waals surface area contributed by atoms with Gasteiger partial charge in [0.1, 0.15) is 5.75 Å². The number of amides is 1. The van der Waals surface area contributed by atoms with Crippen molar-refractivity contribution in [2.24, 2.45) is 0 Å². The maximum absolute atomic E-state index is 12.5. The molecule has 0 aliphatic rings. The molecule has 1 heterocycles. The molecule has 1 aromatic heterocycles. The molecule has 1 atom stereocenters. The molecule has 140 valence electrons. The Hall–Kier alpha value is -2.80. The zero-order valence-electron chi connectivity index (χ0n) is 15.4. The Morgan fingerprint density at radius 2 is 1.93 bits per heavy atom. The van der Waals surface area contributed by atoms with E-state index < -0.39 is 5.25 Å². The molecule has 6 nitrogen and oxygen atoms in total. The lowest BCUT2D eigenvalue weighted by molar-refractivity contribution is -0.115. The van der Waals surface area contributed by atoms with Crippen LogP contribution in [0.1, 0.15) is 19.4 Å². The number of rotatable bonds is 7. The predicted octanol–water partition coefficient (Wildman–Crippen LogP) is 4.56. The fourth-order valence-corrected chi connectivity index (χ4v) is 3.15. The predicted molar refractivity (Wildman–Crippen MR) is 106 cm³/mol. The molecule has 27 heavy (non-hydrogen) atoms. The van der Waals surface area contributed by atoms with Gasteiger partial charge >= 0.3 is 0 Å². The van der Waals surface area contributed by atoms with Gasteiger partial charge in [-0.2, -0.15) is 0 Å². The highest BCUT2D eigenvalue weighted by Crippen LogP contribution is 2.29. The number of hydrogen-bond acceptors (Lipinski definition) is 6. The van der Waals surface area contributed by atoms with Crippen LogP contribution in [0.25, 0.3) is 11.5 Å². The van der Waals surface area contributed by atoms with Crippen molar-refractivity contribution >= 4 is 23.4 Å². The van der Waals surface area contributed by atoms with Gasteiger partial charge in [-0.3, -0.25) is 4.79 Å². The molecular formula is C20H21N3O3S. The number of carbonyl (C=O) groups is 1. The Morgan fingerprint density at radius 1 is 1.19 bits per heavy atom. The van der Waals surface area contributed by atoms with E-state index in [1.807, 2.05) is 62.4 Å². The van der Waals surface area contributed by atoms with Crippen molar-refractivity contribution in [1.82, 2.24) is 10.2 Å². The largest absolute Gasteiger partial charge is 0.492 e. The van der Waals surface area contributed by atoms with Crippen LogP contribution in [0.3, 0.4) is 0 Å². The van der Waals surface area contributed by atoms with Crippen LogP contribution in [0.2, 0.25) is 0 Å². The van der Waals surface area contributed by atoms with E-state index in [0.717, 1.165) is 11.1 Å². The van der Waals surface area contributed by atoms with E-state index in [-0.39, 0.29) is 5.91 Å². The van der Waals surface area contributed by atoms with Crippen LogP contribution in [0, 0.1) is 6.92 Å². The SMILES string of the molecule is CCOc1ccccc1NC(=O)[C@H](C)Sc1nnc(-c2ccccc2C)o1. The van der Waals surface area contributed by atoms with Gasteiger partial charge in [-0.05, 0) is 44.5 Å². The second kappa shape index (κ2) is 8.73. The number of aryl methyl sites for hydroxylation is 1. The summed E-state index contributed by atoms with van der Waals surface area (Å²) in [5.41, 5.74) is 2.58. The van der Waals surface area contributed by atoms with E-state index in [1.54, 1.807) is 6.92 Å². The third-order valence-electron chi connectivity index (χ3n) is 3.87. The summed E-state index contributed by atoms with van der Waals surface area (Å²) in [4.78, 5) is 12.5. The summed E-state index contributed by atoms with van der Waals surface area (Å²) in [6.45, 7) is 6.21. The summed E-state index contributed by atoms with van der Waals surface area (Å²) in [6.07, 6.45) is 0. The molecule has 0 fully saturated rings. The first kappa shape index (κ1) is 19.0. The molecule has 2 aromatic carbocycles. The van der Waals surface area contributed by atoms with Gasteiger partial charge < -0.3 is 14.5 Å². The smallest absolute Gasteiger partial charge is 0.277 e. The van der Waals surface area contributed by atoms with E-state index in [0.29, 0.717) is 29.2 Å². The Kier molecular flexibility index (Phi) is 6.13. The fourth-order valence-electron chi connectivity index (χ4n) is 2.47. The average Bonchev–Trinajstić information content (AvgIpc) is 3.12. The zero-order valence-corrected chi connectivity index (χ0v) is 16.2. The topological polar surface area (TPSA) is 77.2 Å². The van der Waals surface area contributed by atoms with Crippen LogP contribution >= 0.6 is 11.8 Å². The number of ether oxygens (including phenoxy) is 1. The highest BCUT2D eigenvalue weighted by Gasteiger charge is 2.20. The molecule has 0 aliphatic heterocycles. The first-order valence-electron chi connectivity index (χ1n) is 8.67. The molecule has 1 N–H and O–H groups in total. The molecule has 0 bridgehead atoms. The van der Waals surface area contributed by atoms with Crippen LogP contribution in [0.15, 0.2) is 58.2 Å². The van der Waals surface area contributed by atoms with Crippen LogP contribution in [-0.4, -0.2) is 28.0 Å². The maximum atomic E-state index is 12.5. The maximum Gasteiger partial charge on any atom is 0.277 e. The Balaban J connectivity index is 1.66. The van der Waals surface area contributed by atoms with Gasteiger partial charge in [0.15, 0.2) is 0 Å². The highest BCUT2D eigenvalue weighted by molar-refractivity contribution is 8.00. The molecule has 0 aliphatic carbocycles. The Bertz CT molecular complexity index is 926. The lowest BCUT2D eigenvalue weighted by Crippen LogP contribution is -2.22. The van der Waals surface area contributed by atoms with E-state index in [4.69, 9.17) is 9.15 Å². The Labute approximate surface area is 162 Å². The molecule has 7 heteroatoms. The van der Waals surface area contributed by atoms with Crippen LogP contribution in [0.4, 0.5) is 5.69 Å². The van der Waals surface area contributed by atoms with Crippen molar-refractivity contribution in [2.45, 2.75) is 31.2 Å². The fraction of sp³-hybridized carbons (Fsp3) is 0.250. The first-order chi connectivity index (χ1) is 13.1. The Morgan fingerprint density at radius 3 is 2.70 bits per heavy atom. The van der Waals surface area contributed by atoms with Gasteiger partial charge in [-0.1, -0.05) is 42.1 Å². The normalized spacial score (nSPS) is 11.8. The minimum absolute atomic E-state index is 0.164. The van der Waals surface area contributed by atoms with Gasteiger partial charge in [0.25, 0.3) is 5.22 Å². The van der Waals surface area contributed by atoms with E-state index in [1.165, 1.54) is 11.8 Å². The lowest BCUT2D eigenvalue weighted by atomic mass is 10.1. The van der Waals surface area contributed by atoms with Crippen LogP contribution < -0.4 is 10.1 Å². The van der Waals surface area contributed by atoms with Gasteiger partial charge in [-0.15, -0.1) is 10.2 Å². The van der Waals surface area contributed by atoms with Gasteiger partial charge in [0, 0.05) is 5.56 Å². The lowest BCUT2D eigenvalue weighted by Gasteiger charge is -2.13. The third-order valence-corrected chi connectivity index (χ3v) is 4.81.